The second kappa shape index (κ2) is 7.24. The first-order chi connectivity index (χ1) is 10.9. The molecule has 0 saturated carbocycles. The van der Waals surface area contributed by atoms with Crippen LogP contribution in [0.25, 0.3) is 0 Å². The van der Waals surface area contributed by atoms with Crippen LogP contribution in [0, 0.1) is 12.3 Å². The van der Waals surface area contributed by atoms with Crippen molar-refractivity contribution in [3.05, 3.63) is 77.2 Å². The van der Waals surface area contributed by atoms with Crippen molar-refractivity contribution >= 4 is 10.8 Å². The zero-order valence-electron chi connectivity index (χ0n) is 14.0. The number of benzene rings is 2. The number of aliphatic hydroxyl groups is 1. The highest BCUT2D eigenvalue weighted by molar-refractivity contribution is 7.89. The van der Waals surface area contributed by atoms with E-state index in [4.69, 9.17) is 0 Å². The van der Waals surface area contributed by atoms with E-state index in [1.54, 1.807) is 0 Å². The van der Waals surface area contributed by atoms with Crippen molar-refractivity contribution in [3.63, 3.8) is 0 Å². The normalized spacial score (nSPS) is 16.3. The molecule has 0 aromatic heterocycles. The molecular formula is C20H24O2S. The van der Waals surface area contributed by atoms with E-state index in [0.717, 1.165) is 16.0 Å². The van der Waals surface area contributed by atoms with Gasteiger partial charge in [-0.2, -0.15) is 0 Å². The molecule has 0 aliphatic carbocycles. The first-order valence-electron chi connectivity index (χ1n) is 7.81. The molecule has 0 bridgehead atoms. The zero-order valence-corrected chi connectivity index (χ0v) is 14.8. The van der Waals surface area contributed by atoms with E-state index in [-0.39, 0.29) is 0 Å². The highest BCUT2D eigenvalue weighted by Crippen LogP contribution is 2.44. The SMILES string of the molecule is C=C(S(=O)c1ccc(C)cc1)[C@](C)(CC)[C@H](O)c1ccccc1. The maximum absolute atomic E-state index is 12.9. The van der Waals surface area contributed by atoms with Crippen molar-refractivity contribution < 1.29 is 9.32 Å². The maximum Gasteiger partial charge on any atom is 0.0889 e. The lowest BCUT2D eigenvalue weighted by atomic mass is 9.78. The molecule has 0 aliphatic heterocycles. The number of aryl methyl sites for hydroxylation is 1. The van der Waals surface area contributed by atoms with Crippen molar-refractivity contribution in [3.8, 4) is 0 Å². The first kappa shape index (κ1) is 17.6. The number of rotatable bonds is 6. The van der Waals surface area contributed by atoms with Crippen LogP contribution < -0.4 is 0 Å². The third-order valence-electron chi connectivity index (χ3n) is 4.55. The fourth-order valence-electron chi connectivity index (χ4n) is 2.56. The topological polar surface area (TPSA) is 37.3 Å². The Balaban J connectivity index is 2.33. The molecule has 122 valence electrons. The molecule has 23 heavy (non-hydrogen) atoms. The summed E-state index contributed by atoms with van der Waals surface area (Å²) in [7, 11) is -1.35. The highest BCUT2D eigenvalue weighted by Gasteiger charge is 2.38. The molecule has 2 aromatic carbocycles. The second-order valence-electron chi connectivity index (χ2n) is 6.09. The zero-order chi connectivity index (χ0) is 17.0. The minimum absolute atomic E-state index is 0.556. The Bertz CT molecular complexity index is 691. The average molecular weight is 328 g/mol. The van der Waals surface area contributed by atoms with Crippen LogP contribution in [0.5, 0.6) is 0 Å². The van der Waals surface area contributed by atoms with E-state index >= 15 is 0 Å². The Labute approximate surface area is 141 Å². The molecule has 0 amide bonds. The third-order valence-corrected chi connectivity index (χ3v) is 6.16. The van der Waals surface area contributed by atoms with Crippen molar-refractivity contribution in [2.24, 2.45) is 5.41 Å². The number of hydrogen-bond acceptors (Lipinski definition) is 2. The summed E-state index contributed by atoms with van der Waals surface area (Å²) in [5.74, 6) is 0. The van der Waals surface area contributed by atoms with Crippen LogP contribution in [0.3, 0.4) is 0 Å². The van der Waals surface area contributed by atoms with E-state index in [1.807, 2.05) is 75.4 Å². The van der Waals surface area contributed by atoms with Crippen LogP contribution in [-0.4, -0.2) is 9.32 Å². The van der Waals surface area contributed by atoms with Gasteiger partial charge in [-0.25, -0.2) is 4.21 Å². The highest BCUT2D eigenvalue weighted by atomic mass is 32.2. The van der Waals surface area contributed by atoms with Gasteiger partial charge >= 0.3 is 0 Å². The maximum atomic E-state index is 12.9. The van der Waals surface area contributed by atoms with Gasteiger partial charge in [0.1, 0.15) is 0 Å². The van der Waals surface area contributed by atoms with Gasteiger partial charge in [-0.15, -0.1) is 0 Å². The lowest BCUT2D eigenvalue weighted by Gasteiger charge is -2.35. The average Bonchev–Trinajstić information content (AvgIpc) is 2.60. The molecule has 1 unspecified atom stereocenters. The van der Waals surface area contributed by atoms with Gasteiger partial charge in [-0.05, 0) is 31.0 Å². The molecular weight excluding hydrogens is 304 g/mol. The summed E-state index contributed by atoms with van der Waals surface area (Å²) in [5, 5.41) is 10.9. The molecule has 0 radical (unpaired) electrons. The summed E-state index contributed by atoms with van der Waals surface area (Å²) in [6.07, 6.45) is -0.0879. The Morgan fingerprint density at radius 1 is 1.17 bits per heavy atom. The van der Waals surface area contributed by atoms with E-state index in [9.17, 15) is 9.32 Å². The van der Waals surface area contributed by atoms with Crippen molar-refractivity contribution in [1.82, 2.24) is 0 Å². The van der Waals surface area contributed by atoms with Gasteiger partial charge in [-0.3, -0.25) is 0 Å². The van der Waals surface area contributed by atoms with Crippen molar-refractivity contribution in [2.75, 3.05) is 0 Å². The quantitative estimate of drug-likeness (QED) is 0.829. The molecule has 0 heterocycles. The molecule has 0 saturated heterocycles. The third kappa shape index (κ3) is 3.62. The van der Waals surface area contributed by atoms with Crippen molar-refractivity contribution in [2.45, 2.75) is 38.2 Å². The van der Waals surface area contributed by atoms with Gasteiger partial charge in [0.25, 0.3) is 0 Å². The summed E-state index contributed by atoms with van der Waals surface area (Å²) in [6, 6.07) is 17.1. The van der Waals surface area contributed by atoms with Gasteiger partial charge < -0.3 is 5.11 Å². The van der Waals surface area contributed by atoms with Gasteiger partial charge in [0.15, 0.2) is 0 Å². The summed E-state index contributed by atoms with van der Waals surface area (Å²) < 4.78 is 12.9. The Morgan fingerprint density at radius 2 is 1.74 bits per heavy atom. The lowest BCUT2D eigenvalue weighted by Crippen LogP contribution is -2.29. The lowest BCUT2D eigenvalue weighted by molar-refractivity contribution is 0.0644. The summed E-state index contributed by atoms with van der Waals surface area (Å²) in [5.41, 5.74) is 1.29. The Morgan fingerprint density at radius 3 is 2.26 bits per heavy atom. The summed E-state index contributed by atoms with van der Waals surface area (Å²) in [6.45, 7) is 10.00. The van der Waals surface area contributed by atoms with E-state index in [2.05, 4.69) is 6.58 Å². The number of hydrogen-bond donors (Lipinski definition) is 1. The molecule has 0 aliphatic rings. The van der Waals surface area contributed by atoms with Crippen molar-refractivity contribution in [1.29, 1.82) is 0 Å². The minimum atomic E-state index is -1.35. The smallest absolute Gasteiger partial charge is 0.0889 e. The second-order valence-corrected chi connectivity index (χ2v) is 7.59. The molecule has 3 atom stereocenters. The summed E-state index contributed by atoms with van der Waals surface area (Å²) >= 11 is 0. The van der Waals surface area contributed by atoms with E-state index in [1.165, 1.54) is 0 Å². The standard InChI is InChI=1S/C20H24O2S/c1-5-20(4,19(21)17-9-7-6-8-10-17)16(3)23(22)18-13-11-15(2)12-14-18/h6-14,19,21H,3,5H2,1-2,4H3/t19-,20+,23?/m1/s1. The van der Waals surface area contributed by atoms with Crippen LogP contribution in [0.1, 0.15) is 37.5 Å². The molecule has 1 N–H and O–H groups in total. The van der Waals surface area contributed by atoms with Gasteiger partial charge in [0.05, 0.1) is 16.9 Å². The van der Waals surface area contributed by atoms with Crippen LogP contribution in [-0.2, 0) is 10.8 Å². The summed E-state index contributed by atoms with van der Waals surface area (Å²) in [4.78, 5) is 1.28. The fourth-order valence-corrected chi connectivity index (χ4v) is 3.91. The van der Waals surface area contributed by atoms with Gasteiger partial charge in [-0.1, -0.05) is 68.5 Å². The van der Waals surface area contributed by atoms with Gasteiger partial charge in [0, 0.05) is 15.2 Å². The minimum Gasteiger partial charge on any atom is -0.387 e. The Hall–Kier alpha value is -1.71. The van der Waals surface area contributed by atoms with Crippen LogP contribution in [0.15, 0.2) is 71.0 Å². The van der Waals surface area contributed by atoms with E-state index in [0.29, 0.717) is 11.3 Å². The molecule has 3 heteroatoms. The predicted molar refractivity (Wildman–Crippen MR) is 96.5 cm³/mol. The molecule has 2 aromatic rings. The first-order valence-corrected chi connectivity index (χ1v) is 8.96. The van der Waals surface area contributed by atoms with E-state index < -0.39 is 22.3 Å². The molecule has 0 spiro atoms. The number of aliphatic hydroxyl groups excluding tert-OH is 1. The molecule has 0 fully saturated rings. The monoisotopic (exact) mass is 328 g/mol. The van der Waals surface area contributed by atoms with Crippen LogP contribution >= 0.6 is 0 Å². The van der Waals surface area contributed by atoms with Crippen LogP contribution in [0.2, 0.25) is 0 Å². The molecule has 2 rings (SSSR count). The van der Waals surface area contributed by atoms with Crippen LogP contribution in [0.4, 0.5) is 0 Å². The molecule has 2 nitrogen and oxygen atoms in total. The Kier molecular flexibility index (Phi) is 5.55. The fraction of sp³-hybridized carbons (Fsp3) is 0.300. The van der Waals surface area contributed by atoms with Gasteiger partial charge in [0.2, 0.25) is 0 Å². The largest absolute Gasteiger partial charge is 0.387 e. The predicted octanol–water partition coefficient (Wildman–Crippen LogP) is 4.77.